The second-order valence-corrected chi connectivity index (χ2v) is 9.55. The van der Waals surface area contributed by atoms with E-state index in [1.807, 2.05) is 60.5 Å². The number of likely N-dealkylation sites (tertiary alicyclic amines) is 1. The number of ether oxygens (including phenoxy) is 2. The quantitative estimate of drug-likeness (QED) is 0.587. The number of fused-ring (bicyclic) bond motifs is 4. The van der Waals surface area contributed by atoms with Gasteiger partial charge in [-0.1, -0.05) is 30.3 Å². The van der Waals surface area contributed by atoms with Crippen LogP contribution in [-0.2, 0) is 33.2 Å². The zero-order valence-corrected chi connectivity index (χ0v) is 20.4. The lowest BCUT2D eigenvalue weighted by Crippen LogP contribution is -2.68. The minimum atomic E-state index is -0.473. The van der Waals surface area contributed by atoms with Crippen molar-refractivity contribution >= 4 is 22.7 Å². The van der Waals surface area contributed by atoms with Crippen molar-refractivity contribution in [2.24, 2.45) is 7.05 Å². The van der Waals surface area contributed by atoms with Crippen molar-refractivity contribution in [1.82, 2.24) is 14.4 Å². The standard InChI is InChI=1S/C27H31N3O5/c1-28-21-12-19(35-3)9-10-20(21)25-26(28)22(13-31)30(23(32)11-18-7-5-4-6-8-18)17-27(25)15-29(16-27)24(33)14-34-2/h4-10,12,22,31H,11,13-17H2,1-3H3/t22-/m0/s1. The second kappa shape index (κ2) is 9.02. The normalized spacial score (nSPS) is 18.5. The van der Waals surface area contributed by atoms with Gasteiger partial charge >= 0.3 is 0 Å². The molecule has 0 aliphatic carbocycles. The molecule has 0 bridgehead atoms. The Labute approximate surface area is 204 Å². The molecule has 35 heavy (non-hydrogen) atoms. The molecular formula is C27H31N3O5. The number of hydrogen-bond acceptors (Lipinski definition) is 5. The van der Waals surface area contributed by atoms with Gasteiger partial charge in [-0.05, 0) is 23.3 Å². The van der Waals surface area contributed by atoms with Crippen LogP contribution in [0.25, 0.3) is 10.9 Å². The van der Waals surface area contributed by atoms with Crippen LogP contribution in [0.4, 0.5) is 0 Å². The van der Waals surface area contributed by atoms with E-state index < -0.39 is 11.5 Å². The SMILES string of the molecule is COCC(=O)N1CC2(C1)CN(C(=O)Cc1ccccc1)[C@@H](CO)c1c2c2ccc(OC)cc2n1C. The fourth-order valence-corrected chi connectivity index (χ4v) is 5.83. The summed E-state index contributed by atoms with van der Waals surface area (Å²) in [6.45, 7) is 1.29. The zero-order valence-electron chi connectivity index (χ0n) is 20.4. The maximum absolute atomic E-state index is 13.6. The summed E-state index contributed by atoms with van der Waals surface area (Å²) >= 11 is 0. The minimum Gasteiger partial charge on any atom is -0.497 e. The van der Waals surface area contributed by atoms with Crippen LogP contribution in [0.15, 0.2) is 48.5 Å². The minimum absolute atomic E-state index is 0.0333. The van der Waals surface area contributed by atoms with E-state index in [1.54, 1.807) is 12.0 Å². The number of aromatic nitrogens is 1. The first-order valence-electron chi connectivity index (χ1n) is 11.8. The lowest BCUT2D eigenvalue weighted by molar-refractivity contribution is -0.147. The Bertz CT molecular complexity index is 1260. The van der Waals surface area contributed by atoms with Gasteiger partial charge in [0, 0.05) is 50.9 Å². The Morgan fingerprint density at radius 2 is 1.80 bits per heavy atom. The summed E-state index contributed by atoms with van der Waals surface area (Å²) in [6.07, 6.45) is 0.257. The molecule has 2 aromatic carbocycles. The Morgan fingerprint density at radius 1 is 1.06 bits per heavy atom. The molecule has 1 spiro atoms. The van der Waals surface area contributed by atoms with Gasteiger partial charge in [-0.2, -0.15) is 0 Å². The van der Waals surface area contributed by atoms with E-state index >= 15 is 0 Å². The van der Waals surface area contributed by atoms with Gasteiger partial charge in [-0.3, -0.25) is 9.59 Å². The summed E-state index contributed by atoms with van der Waals surface area (Å²) in [5.74, 6) is 0.644. The van der Waals surface area contributed by atoms with Crippen LogP contribution in [0.1, 0.15) is 22.9 Å². The van der Waals surface area contributed by atoms with Crippen molar-refractivity contribution in [2.45, 2.75) is 17.9 Å². The van der Waals surface area contributed by atoms with Crippen LogP contribution < -0.4 is 4.74 Å². The van der Waals surface area contributed by atoms with Gasteiger partial charge in [0.05, 0.1) is 37.1 Å². The molecule has 1 saturated heterocycles. The molecule has 5 rings (SSSR count). The highest BCUT2D eigenvalue weighted by Crippen LogP contribution is 2.49. The highest BCUT2D eigenvalue weighted by Gasteiger charge is 2.55. The number of aliphatic hydroxyl groups is 1. The molecule has 0 unspecified atom stereocenters. The lowest BCUT2D eigenvalue weighted by atomic mass is 9.68. The molecule has 8 heteroatoms. The average Bonchev–Trinajstić information content (AvgIpc) is 3.14. The number of hydrogen-bond donors (Lipinski definition) is 1. The Morgan fingerprint density at radius 3 is 2.46 bits per heavy atom. The van der Waals surface area contributed by atoms with Gasteiger partial charge in [0.25, 0.3) is 0 Å². The van der Waals surface area contributed by atoms with Crippen LogP contribution in [-0.4, -0.2) is 78.4 Å². The Kier molecular flexibility index (Phi) is 6.02. The van der Waals surface area contributed by atoms with Gasteiger partial charge in [-0.15, -0.1) is 0 Å². The van der Waals surface area contributed by atoms with E-state index in [4.69, 9.17) is 9.47 Å². The smallest absolute Gasteiger partial charge is 0.248 e. The third kappa shape index (κ3) is 3.77. The predicted molar refractivity (Wildman–Crippen MR) is 131 cm³/mol. The van der Waals surface area contributed by atoms with Crippen molar-refractivity contribution in [2.75, 3.05) is 47.1 Å². The third-order valence-electron chi connectivity index (χ3n) is 7.45. The average molecular weight is 478 g/mol. The number of carbonyl (C=O) groups is 2. The predicted octanol–water partition coefficient (Wildman–Crippen LogP) is 2.03. The van der Waals surface area contributed by atoms with E-state index in [2.05, 4.69) is 4.57 Å². The topological polar surface area (TPSA) is 84.2 Å². The number of aryl methyl sites for hydroxylation is 1. The summed E-state index contributed by atoms with van der Waals surface area (Å²) < 4.78 is 12.6. The molecule has 2 aliphatic heterocycles. The summed E-state index contributed by atoms with van der Waals surface area (Å²) in [5, 5.41) is 11.6. The van der Waals surface area contributed by atoms with E-state index in [0.29, 0.717) is 19.6 Å². The highest BCUT2D eigenvalue weighted by molar-refractivity contribution is 5.91. The fourth-order valence-electron chi connectivity index (χ4n) is 5.83. The molecule has 2 aliphatic rings. The molecule has 3 heterocycles. The van der Waals surface area contributed by atoms with Crippen LogP contribution >= 0.6 is 0 Å². The summed E-state index contributed by atoms with van der Waals surface area (Å²) in [7, 11) is 5.12. The molecule has 3 aromatic rings. The van der Waals surface area contributed by atoms with E-state index in [1.165, 1.54) is 7.11 Å². The highest BCUT2D eigenvalue weighted by atomic mass is 16.5. The molecule has 1 fully saturated rings. The maximum Gasteiger partial charge on any atom is 0.248 e. The maximum atomic E-state index is 13.6. The number of nitrogens with zero attached hydrogens (tertiary/aromatic N) is 3. The van der Waals surface area contributed by atoms with Gasteiger partial charge in [-0.25, -0.2) is 0 Å². The molecule has 1 N–H and O–H groups in total. The van der Waals surface area contributed by atoms with E-state index in [-0.39, 0.29) is 31.4 Å². The Balaban J connectivity index is 1.60. The van der Waals surface area contributed by atoms with Crippen LogP contribution in [0.3, 0.4) is 0 Å². The van der Waals surface area contributed by atoms with Crippen molar-refractivity contribution in [3.05, 3.63) is 65.4 Å². The molecule has 8 nitrogen and oxygen atoms in total. The Hall–Kier alpha value is -3.36. The van der Waals surface area contributed by atoms with Gasteiger partial charge in [0.2, 0.25) is 11.8 Å². The van der Waals surface area contributed by atoms with Crippen LogP contribution in [0.5, 0.6) is 5.75 Å². The zero-order chi connectivity index (χ0) is 24.7. The summed E-state index contributed by atoms with van der Waals surface area (Å²) in [4.78, 5) is 29.8. The van der Waals surface area contributed by atoms with Crippen LogP contribution in [0.2, 0.25) is 0 Å². The molecule has 0 saturated carbocycles. The van der Waals surface area contributed by atoms with Gasteiger partial charge in [0.1, 0.15) is 12.4 Å². The number of benzene rings is 2. The van der Waals surface area contributed by atoms with Crippen molar-refractivity contribution in [1.29, 1.82) is 0 Å². The molecule has 1 aromatic heterocycles. The first-order valence-corrected chi connectivity index (χ1v) is 11.8. The molecule has 1 atom stereocenters. The number of aliphatic hydroxyl groups excluding tert-OH is 1. The number of carbonyl (C=O) groups excluding carboxylic acids is 2. The molecule has 184 valence electrons. The van der Waals surface area contributed by atoms with Crippen LogP contribution in [0, 0.1) is 0 Å². The number of amides is 2. The van der Waals surface area contributed by atoms with Gasteiger partial charge in [0.15, 0.2) is 0 Å². The fraction of sp³-hybridized carbons (Fsp3) is 0.407. The lowest BCUT2D eigenvalue weighted by Gasteiger charge is -2.56. The van der Waals surface area contributed by atoms with Crippen molar-refractivity contribution < 1.29 is 24.2 Å². The van der Waals surface area contributed by atoms with E-state index in [9.17, 15) is 14.7 Å². The first-order chi connectivity index (χ1) is 16.9. The second-order valence-electron chi connectivity index (χ2n) is 9.55. The van der Waals surface area contributed by atoms with Gasteiger partial charge < -0.3 is 28.9 Å². The molecule has 2 amide bonds. The van der Waals surface area contributed by atoms with Crippen molar-refractivity contribution in [3.8, 4) is 5.75 Å². The van der Waals surface area contributed by atoms with Crippen molar-refractivity contribution in [3.63, 3.8) is 0 Å². The summed E-state index contributed by atoms with van der Waals surface area (Å²) in [6, 6.07) is 15.1. The summed E-state index contributed by atoms with van der Waals surface area (Å²) in [5.41, 5.74) is 3.53. The molecule has 0 radical (unpaired) electrons. The number of rotatable bonds is 6. The van der Waals surface area contributed by atoms with E-state index in [0.717, 1.165) is 33.5 Å². The molecular weight excluding hydrogens is 446 g/mol. The monoisotopic (exact) mass is 477 g/mol. The first kappa shape index (κ1) is 23.4. The third-order valence-corrected chi connectivity index (χ3v) is 7.45. The number of methoxy groups -OCH3 is 2. The largest absolute Gasteiger partial charge is 0.497 e.